The zero-order valence-electron chi connectivity index (χ0n) is 11.2. The number of rotatable bonds is 5. The van der Waals surface area contributed by atoms with Gasteiger partial charge in [0, 0.05) is 16.6 Å². The van der Waals surface area contributed by atoms with E-state index in [1.54, 1.807) is 30.3 Å². The first-order valence-electron chi connectivity index (χ1n) is 6.14. The number of ether oxygens (including phenoxy) is 1. The van der Waals surface area contributed by atoms with Gasteiger partial charge in [0.25, 0.3) is 5.69 Å². The van der Waals surface area contributed by atoms with Crippen molar-refractivity contribution < 1.29 is 14.5 Å². The zero-order chi connectivity index (χ0) is 15.4. The van der Waals surface area contributed by atoms with Crippen molar-refractivity contribution in [2.24, 2.45) is 0 Å². The number of carbonyl (C=O) groups is 1. The summed E-state index contributed by atoms with van der Waals surface area (Å²) in [5, 5.41) is 10.7. The molecule has 0 amide bonds. The van der Waals surface area contributed by atoms with Gasteiger partial charge in [-0.15, -0.1) is 0 Å². The molecule has 2 rings (SSSR count). The lowest BCUT2D eigenvalue weighted by Crippen LogP contribution is -2.02. The maximum Gasteiger partial charge on any atom is 0.269 e. The Kier molecular flexibility index (Phi) is 4.70. The summed E-state index contributed by atoms with van der Waals surface area (Å²) in [6.45, 7) is 1.61. The largest absolute Gasteiger partial charge is 0.488 e. The summed E-state index contributed by atoms with van der Waals surface area (Å²) in [6, 6.07) is 11.3. The predicted octanol–water partition coefficient (Wildman–Crippen LogP) is 4.14. The van der Waals surface area contributed by atoms with E-state index in [1.807, 2.05) is 0 Å². The lowest BCUT2D eigenvalue weighted by molar-refractivity contribution is -0.384. The number of carbonyl (C=O) groups excluding carboxylic acids is 1. The van der Waals surface area contributed by atoms with E-state index in [0.29, 0.717) is 16.9 Å². The molecule has 0 saturated heterocycles. The van der Waals surface area contributed by atoms with Crippen LogP contribution >= 0.6 is 15.9 Å². The second-order valence-electron chi connectivity index (χ2n) is 4.41. The average Bonchev–Trinajstić information content (AvgIpc) is 2.45. The van der Waals surface area contributed by atoms with Crippen LogP contribution in [-0.2, 0) is 6.61 Å². The maximum absolute atomic E-state index is 11.5. The van der Waals surface area contributed by atoms with Gasteiger partial charge in [-0.05, 0) is 30.7 Å². The number of non-ortho nitro benzene ring substituents is 1. The number of benzene rings is 2. The Morgan fingerprint density at radius 1 is 1.29 bits per heavy atom. The van der Waals surface area contributed by atoms with Crippen LogP contribution in [0.2, 0.25) is 0 Å². The molecule has 0 fully saturated rings. The summed E-state index contributed by atoms with van der Waals surface area (Å²) in [5.41, 5.74) is 1.15. The quantitative estimate of drug-likeness (QED) is 0.462. The first kappa shape index (κ1) is 15.2. The van der Waals surface area contributed by atoms with Crippen LogP contribution in [0.5, 0.6) is 5.75 Å². The number of Topliss-reactive ketones (excluding diaryl/α,β-unsaturated/α-hetero) is 1. The maximum atomic E-state index is 11.5. The van der Waals surface area contributed by atoms with Gasteiger partial charge in [0.2, 0.25) is 0 Å². The molecule has 0 radical (unpaired) electrons. The van der Waals surface area contributed by atoms with E-state index in [0.717, 1.165) is 4.47 Å². The summed E-state index contributed by atoms with van der Waals surface area (Å²) >= 11 is 3.32. The Morgan fingerprint density at radius 3 is 2.71 bits per heavy atom. The number of hydrogen-bond donors (Lipinski definition) is 0. The minimum Gasteiger partial charge on any atom is -0.488 e. The molecular weight excluding hydrogens is 338 g/mol. The monoisotopic (exact) mass is 349 g/mol. The third kappa shape index (κ3) is 3.88. The number of nitrogens with zero attached hydrogens (tertiary/aromatic N) is 1. The molecule has 0 aromatic heterocycles. The van der Waals surface area contributed by atoms with Gasteiger partial charge in [0.1, 0.15) is 12.4 Å². The highest BCUT2D eigenvalue weighted by atomic mass is 79.9. The molecule has 0 bridgehead atoms. The summed E-state index contributed by atoms with van der Waals surface area (Å²) in [7, 11) is 0. The van der Waals surface area contributed by atoms with Crippen molar-refractivity contribution in [1.29, 1.82) is 0 Å². The van der Waals surface area contributed by atoms with E-state index in [1.165, 1.54) is 19.1 Å². The van der Waals surface area contributed by atoms with E-state index in [4.69, 9.17) is 4.74 Å². The van der Waals surface area contributed by atoms with Crippen LogP contribution in [0.1, 0.15) is 22.8 Å². The molecule has 0 aliphatic rings. The first-order chi connectivity index (χ1) is 9.97. The van der Waals surface area contributed by atoms with Crippen molar-refractivity contribution in [3.63, 3.8) is 0 Å². The van der Waals surface area contributed by atoms with E-state index < -0.39 is 4.92 Å². The van der Waals surface area contributed by atoms with Crippen molar-refractivity contribution in [2.45, 2.75) is 13.5 Å². The lowest BCUT2D eigenvalue weighted by atomic mass is 10.1. The first-order valence-corrected chi connectivity index (χ1v) is 6.93. The molecule has 6 heteroatoms. The average molecular weight is 350 g/mol. The Morgan fingerprint density at radius 2 is 2.05 bits per heavy atom. The molecule has 0 aliphatic carbocycles. The van der Waals surface area contributed by atoms with Gasteiger partial charge < -0.3 is 4.74 Å². The van der Waals surface area contributed by atoms with Crippen molar-refractivity contribution in [2.75, 3.05) is 0 Å². The predicted molar refractivity (Wildman–Crippen MR) is 81.6 cm³/mol. The molecule has 0 atom stereocenters. The van der Waals surface area contributed by atoms with Crippen LogP contribution in [0.25, 0.3) is 0 Å². The number of nitro groups is 1. The molecule has 2 aromatic rings. The number of nitro benzene ring substituents is 1. The highest BCUT2D eigenvalue weighted by molar-refractivity contribution is 9.10. The highest BCUT2D eigenvalue weighted by Crippen LogP contribution is 2.25. The number of ketones is 1. The van der Waals surface area contributed by atoms with Crippen LogP contribution in [0.3, 0.4) is 0 Å². The van der Waals surface area contributed by atoms with E-state index in [2.05, 4.69) is 15.9 Å². The minimum absolute atomic E-state index is 0.0112. The summed E-state index contributed by atoms with van der Waals surface area (Å²) < 4.78 is 6.42. The minimum atomic E-state index is -0.455. The number of hydrogen-bond acceptors (Lipinski definition) is 4. The Bertz CT molecular complexity index is 700. The summed E-state index contributed by atoms with van der Waals surface area (Å²) in [6.07, 6.45) is 0. The van der Waals surface area contributed by atoms with E-state index >= 15 is 0 Å². The standard InChI is InChI=1S/C15H12BrNO4/c1-10(18)14-6-5-12(16)8-15(14)21-9-11-3-2-4-13(7-11)17(19)20/h2-8H,9H2,1H3. The third-order valence-electron chi connectivity index (χ3n) is 2.84. The van der Waals surface area contributed by atoms with Gasteiger partial charge in [0.05, 0.1) is 10.5 Å². The van der Waals surface area contributed by atoms with Crippen molar-refractivity contribution in [3.05, 3.63) is 68.2 Å². The fourth-order valence-corrected chi connectivity index (χ4v) is 2.17. The van der Waals surface area contributed by atoms with Gasteiger partial charge in [0.15, 0.2) is 5.78 Å². The molecular formula is C15H12BrNO4. The highest BCUT2D eigenvalue weighted by Gasteiger charge is 2.10. The van der Waals surface area contributed by atoms with Gasteiger partial charge in [-0.2, -0.15) is 0 Å². The normalized spacial score (nSPS) is 10.2. The fraction of sp³-hybridized carbons (Fsp3) is 0.133. The van der Waals surface area contributed by atoms with Gasteiger partial charge >= 0.3 is 0 Å². The smallest absolute Gasteiger partial charge is 0.269 e. The fourth-order valence-electron chi connectivity index (χ4n) is 1.83. The molecule has 0 unspecified atom stereocenters. The SMILES string of the molecule is CC(=O)c1ccc(Br)cc1OCc1cccc([N+](=O)[O-])c1. The van der Waals surface area contributed by atoms with Gasteiger partial charge in [-0.3, -0.25) is 14.9 Å². The second-order valence-corrected chi connectivity index (χ2v) is 5.33. The molecule has 0 spiro atoms. The molecule has 2 aromatic carbocycles. The van der Waals surface area contributed by atoms with Crippen molar-refractivity contribution >= 4 is 27.4 Å². The van der Waals surface area contributed by atoms with Crippen LogP contribution < -0.4 is 4.74 Å². The Hall–Kier alpha value is -2.21. The van der Waals surface area contributed by atoms with Crippen LogP contribution in [0.4, 0.5) is 5.69 Å². The Labute approximate surface area is 129 Å². The van der Waals surface area contributed by atoms with Gasteiger partial charge in [-0.25, -0.2) is 0 Å². The molecule has 108 valence electrons. The summed E-state index contributed by atoms with van der Waals surface area (Å²) in [5.74, 6) is 0.347. The third-order valence-corrected chi connectivity index (χ3v) is 3.33. The molecule has 21 heavy (non-hydrogen) atoms. The molecule has 0 saturated carbocycles. The molecule has 5 nitrogen and oxygen atoms in total. The second kappa shape index (κ2) is 6.49. The van der Waals surface area contributed by atoms with E-state index in [9.17, 15) is 14.9 Å². The Balaban J connectivity index is 2.20. The van der Waals surface area contributed by atoms with Crippen LogP contribution in [-0.4, -0.2) is 10.7 Å². The van der Waals surface area contributed by atoms with Crippen molar-refractivity contribution in [3.8, 4) is 5.75 Å². The zero-order valence-corrected chi connectivity index (χ0v) is 12.8. The van der Waals surface area contributed by atoms with E-state index in [-0.39, 0.29) is 18.1 Å². The molecule has 0 N–H and O–H groups in total. The lowest BCUT2D eigenvalue weighted by Gasteiger charge is -2.10. The van der Waals surface area contributed by atoms with Crippen LogP contribution in [0.15, 0.2) is 46.9 Å². The molecule has 0 aliphatic heterocycles. The topological polar surface area (TPSA) is 69.4 Å². The number of halogens is 1. The van der Waals surface area contributed by atoms with Crippen LogP contribution in [0, 0.1) is 10.1 Å². The van der Waals surface area contributed by atoms with Crippen molar-refractivity contribution in [1.82, 2.24) is 0 Å². The molecule has 0 heterocycles. The summed E-state index contributed by atoms with van der Waals surface area (Å²) in [4.78, 5) is 21.8. The van der Waals surface area contributed by atoms with Gasteiger partial charge in [-0.1, -0.05) is 28.1 Å².